The third-order valence-corrected chi connectivity index (χ3v) is 5.76. The first-order valence-corrected chi connectivity index (χ1v) is 9.63. The Kier molecular flexibility index (Phi) is 6.26. The molecule has 5 nitrogen and oxygen atoms in total. The van der Waals surface area contributed by atoms with E-state index in [9.17, 15) is 14.0 Å². The Hall–Kier alpha value is -2.21. The minimum Gasteiger partial charge on any atom is -0.355 e. The van der Waals surface area contributed by atoms with Crippen molar-refractivity contribution in [2.45, 2.75) is 44.7 Å². The summed E-state index contributed by atoms with van der Waals surface area (Å²) in [5.74, 6) is -0.0640. The first-order valence-electron chi connectivity index (χ1n) is 9.63. The quantitative estimate of drug-likeness (QED) is 0.863. The zero-order chi connectivity index (χ0) is 19.4. The van der Waals surface area contributed by atoms with Gasteiger partial charge in [-0.1, -0.05) is 18.2 Å². The Morgan fingerprint density at radius 2 is 1.89 bits per heavy atom. The highest BCUT2D eigenvalue weighted by Gasteiger charge is 2.33. The lowest BCUT2D eigenvalue weighted by Crippen LogP contribution is -2.43. The summed E-state index contributed by atoms with van der Waals surface area (Å²) in [6.07, 6.45) is 5.38. The van der Waals surface area contributed by atoms with Gasteiger partial charge in [0.2, 0.25) is 11.8 Å². The van der Waals surface area contributed by atoms with Gasteiger partial charge in [0.05, 0.1) is 0 Å². The lowest BCUT2D eigenvalue weighted by molar-refractivity contribution is -0.132. The second-order valence-electron chi connectivity index (χ2n) is 7.52. The van der Waals surface area contributed by atoms with Crippen LogP contribution in [0.4, 0.5) is 4.39 Å². The molecule has 0 aliphatic carbocycles. The molecule has 0 spiro atoms. The summed E-state index contributed by atoms with van der Waals surface area (Å²) in [4.78, 5) is 28.0. The van der Waals surface area contributed by atoms with Crippen LogP contribution < -0.4 is 5.32 Å². The molecular formula is C21H28FN3O2. The number of likely N-dealkylation sites (tertiary alicyclic amines) is 1. The standard InChI is InChI=1S/C21H28FN3O2/c1-15(26)23-14-20-8-7-19(24(20)2)13-21(27)25-11-9-17(10-12-25)16-3-5-18(22)6-4-16/h3-6,9,19-20H,7-8,10-14H2,1-2H3,(H,23,26)/t19-,20+/m0/s1. The van der Waals surface area contributed by atoms with Gasteiger partial charge in [0, 0.05) is 45.1 Å². The van der Waals surface area contributed by atoms with Gasteiger partial charge in [-0.3, -0.25) is 14.5 Å². The highest BCUT2D eigenvalue weighted by molar-refractivity contribution is 5.79. The smallest absolute Gasteiger partial charge is 0.224 e. The van der Waals surface area contributed by atoms with Crippen molar-refractivity contribution in [3.8, 4) is 0 Å². The number of likely N-dealkylation sites (N-methyl/N-ethyl adjacent to an activating group) is 1. The molecule has 2 aliphatic rings. The largest absolute Gasteiger partial charge is 0.355 e. The number of carbonyl (C=O) groups is 2. The first-order chi connectivity index (χ1) is 12.9. The number of carbonyl (C=O) groups excluding carboxylic acids is 2. The Balaban J connectivity index is 1.51. The van der Waals surface area contributed by atoms with E-state index in [0.29, 0.717) is 32.1 Å². The molecule has 1 saturated heterocycles. The number of amides is 2. The van der Waals surface area contributed by atoms with Crippen LogP contribution in [0.1, 0.15) is 38.2 Å². The molecule has 1 fully saturated rings. The fourth-order valence-electron chi connectivity index (χ4n) is 4.00. The lowest BCUT2D eigenvalue weighted by Gasteiger charge is -2.30. The van der Waals surface area contributed by atoms with E-state index in [4.69, 9.17) is 0 Å². The van der Waals surface area contributed by atoms with Crippen molar-refractivity contribution in [3.05, 3.63) is 41.7 Å². The molecule has 2 aliphatic heterocycles. The van der Waals surface area contributed by atoms with Crippen molar-refractivity contribution in [2.24, 2.45) is 0 Å². The Morgan fingerprint density at radius 3 is 2.52 bits per heavy atom. The second kappa shape index (κ2) is 8.65. The van der Waals surface area contributed by atoms with Crippen LogP contribution in [0.2, 0.25) is 0 Å². The van der Waals surface area contributed by atoms with Crippen molar-refractivity contribution < 1.29 is 14.0 Å². The van der Waals surface area contributed by atoms with Gasteiger partial charge in [0.15, 0.2) is 0 Å². The van der Waals surface area contributed by atoms with Gasteiger partial charge in [-0.25, -0.2) is 4.39 Å². The highest BCUT2D eigenvalue weighted by Crippen LogP contribution is 2.27. The van der Waals surface area contributed by atoms with E-state index >= 15 is 0 Å². The summed E-state index contributed by atoms with van der Waals surface area (Å²) in [6, 6.07) is 7.07. The molecule has 3 rings (SSSR count). The van der Waals surface area contributed by atoms with Crippen LogP contribution in [-0.4, -0.2) is 60.4 Å². The molecule has 0 saturated carbocycles. The van der Waals surface area contributed by atoms with Crippen molar-refractivity contribution in [1.82, 2.24) is 15.1 Å². The minimum absolute atomic E-state index is 0.0139. The third-order valence-electron chi connectivity index (χ3n) is 5.76. The van der Waals surface area contributed by atoms with Crippen LogP contribution in [0.3, 0.4) is 0 Å². The topological polar surface area (TPSA) is 52.7 Å². The van der Waals surface area contributed by atoms with Crippen molar-refractivity contribution in [1.29, 1.82) is 0 Å². The molecule has 0 aromatic heterocycles. The number of rotatable bonds is 5. The molecule has 27 heavy (non-hydrogen) atoms. The van der Waals surface area contributed by atoms with Gasteiger partial charge in [-0.15, -0.1) is 0 Å². The van der Waals surface area contributed by atoms with Crippen LogP contribution in [0.25, 0.3) is 5.57 Å². The van der Waals surface area contributed by atoms with Crippen molar-refractivity contribution >= 4 is 17.4 Å². The van der Waals surface area contributed by atoms with E-state index < -0.39 is 0 Å². The average Bonchev–Trinajstić information content (AvgIpc) is 3.00. The summed E-state index contributed by atoms with van der Waals surface area (Å²) >= 11 is 0. The van der Waals surface area contributed by atoms with Crippen molar-refractivity contribution in [2.75, 3.05) is 26.7 Å². The molecule has 6 heteroatoms. The zero-order valence-corrected chi connectivity index (χ0v) is 16.1. The highest BCUT2D eigenvalue weighted by atomic mass is 19.1. The fourth-order valence-corrected chi connectivity index (χ4v) is 4.00. The van der Waals surface area contributed by atoms with E-state index in [-0.39, 0.29) is 23.7 Å². The Bertz CT molecular complexity index is 717. The maximum atomic E-state index is 13.1. The van der Waals surface area contributed by atoms with E-state index in [0.717, 1.165) is 24.8 Å². The van der Waals surface area contributed by atoms with Gasteiger partial charge in [0.25, 0.3) is 0 Å². The zero-order valence-electron chi connectivity index (χ0n) is 16.1. The molecule has 1 N–H and O–H groups in total. The molecule has 0 bridgehead atoms. The molecule has 0 radical (unpaired) electrons. The summed E-state index contributed by atoms with van der Waals surface area (Å²) in [7, 11) is 2.04. The molecular weight excluding hydrogens is 345 g/mol. The lowest BCUT2D eigenvalue weighted by atomic mass is 9.99. The average molecular weight is 373 g/mol. The summed E-state index contributed by atoms with van der Waals surface area (Å²) in [5.41, 5.74) is 2.20. The van der Waals surface area contributed by atoms with E-state index in [1.54, 1.807) is 12.1 Å². The van der Waals surface area contributed by atoms with Crippen LogP contribution in [0.15, 0.2) is 30.3 Å². The first kappa shape index (κ1) is 19.5. The number of hydrogen-bond acceptors (Lipinski definition) is 3. The van der Waals surface area contributed by atoms with Crippen LogP contribution in [0, 0.1) is 5.82 Å². The number of halogens is 1. The van der Waals surface area contributed by atoms with E-state index in [1.807, 2.05) is 11.9 Å². The molecule has 1 aromatic carbocycles. The Morgan fingerprint density at radius 1 is 1.19 bits per heavy atom. The predicted octanol–water partition coefficient (Wildman–Crippen LogP) is 2.43. The maximum absolute atomic E-state index is 13.1. The number of nitrogens with one attached hydrogen (secondary N) is 1. The number of hydrogen-bond donors (Lipinski definition) is 1. The fraction of sp³-hybridized carbons (Fsp3) is 0.524. The minimum atomic E-state index is -0.232. The number of benzene rings is 1. The molecule has 0 unspecified atom stereocenters. The van der Waals surface area contributed by atoms with Crippen LogP contribution >= 0.6 is 0 Å². The third kappa shape index (κ3) is 4.95. The van der Waals surface area contributed by atoms with Crippen LogP contribution in [-0.2, 0) is 9.59 Å². The second-order valence-corrected chi connectivity index (χ2v) is 7.52. The van der Waals surface area contributed by atoms with Gasteiger partial charge in [-0.2, -0.15) is 0 Å². The normalized spacial score (nSPS) is 23.2. The molecule has 146 valence electrons. The molecule has 2 heterocycles. The summed E-state index contributed by atoms with van der Waals surface area (Å²) in [6.45, 7) is 3.48. The summed E-state index contributed by atoms with van der Waals surface area (Å²) in [5, 5.41) is 2.87. The van der Waals surface area contributed by atoms with Crippen LogP contribution in [0.5, 0.6) is 0 Å². The summed E-state index contributed by atoms with van der Waals surface area (Å²) < 4.78 is 13.1. The van der Waals surface area contributed by atoms with Gasteiger partial charge in [0.1, 0.15) is 5.82 Å². The van der Waals surface area contributed by atoms with Gasteiger partial charge >= 0.3 is 0 Å². The molecule has 2 atom stereocenters. The Labute approximate surface area is 160 Å². The van der Waals surface area contributed by atoms with E-state index in [2.05, 4.69) is 16.3 Å². The van der Waals surface area contributed by atoms with Gasteiger partial charge in [-0.05, 0) is 49.6 Å². The van der Waals surface area contributed by atoms with Crippen molar-refractivity contribution in [3.63, 3.8) is 0 Å². The monoisotopic (exact) mass is 373 g/mol. The van der Waals surface area contributed by atoms with Gasteiger partial charge < -0.3 is 10.2 Å². The molecule has 1 aromatic rings. The maximum Gasteiger partial charge on any atom is 0.224 e. The number of nitrogens with zero attached hydrogens (tertiary/aromatic N) is 2. The molecule has 2 amide bonds. The van der Waals surface area contributed by atoms with E-state index in [1.165, 1.54) is 24.6 Å². The predicted molar refractivity (Wildman–Crippen MR) is 103 cm³/mol. The SMILES string of the molecule is CC(=O)NC[C@H]1CC[C@@H](CC(=O)N2CC=C(c3ccc(F)cc3)CC2)N1C.